The van der Waals surface area contributed by atoms with E-state index in [2.05, 4.69) is 5.32 Å². The highest BCUT2D eigenvalue weighted by Crippen LogP contribution is 2.36. The molecule has 3 amide bonds. The number of nitrogens with zero attached hydrogens (tertiary/aromatic N) is 2. The van der Waals surface area contributed by atoms with Gasteiger partial charge in [-0.1, -0.05) is 23.7 Å². The van der Waals surface area contributed by atoms with Crippen LogP contribution in [0.2, 0.25) is 5.02 Å². The number of carbonyl (C=O) groups is 3. The monoisotopic (exact) mass is 417 g/mol. The van der Waals surface area contributed by atoms with Gasteiger partial charge in [-0.25, -0.2) is 0 Å². The summed E-state index contributed by atoms with van der Waals surface area (Å²) in [6, 6.07) is 9.75. The molecule has 1 aliphatic rings. The second-order valence-corrected chi connectivity index (χ2v) is 6.80. The predicted molar refractivity (Wildman–Crippen MR) is 109 cm³/mol. The molecule has 3 rings (SSSR count). The van der Waals surface area contributed by atoms with Gasteiger partial charge in [-0.3, -0.25) is 14.4 Å². The number of halogens is 1. The number of anilines is 2. The van der Waals surface area contributed by atoms with E-state index in [1.807, 2.05) is 0 Å². The number of ether oxygens (including phenoxy) is 2. The Morgan fingerprint density at radius 1 is 1.14 bits per heavy atom. The van der Waals surface area contributed by atoms with Crippen molar-refractivity contribution in [3.63, 3.8) is 0 Å². The van der Waals surface area contributed by atoms with Crippen LogP contribution in [0.4, 0.5) is 11.4 Å². The van der Waals surface area contributed by atoms with Gasteiger partial charge in [0, 0.05) is 13.1 Å². The smallest absolute Gasteiger partial charge is 0.256 e. The third-order valence-corrected chi connectivity index (χ3v) is 4.79. The Morgan fingerprint density at radius 3 is 2.52 bits per heavy atom. The summed E-state index contributed by atoms with van der Waals surface area (Å²) in [6.07, 6.45) is 0. The molecule has 0 fully saturated rings. The quantitative estimate of drug-likeness (QED) is 0.807. The van der Waals surface area contributed by atoms with Crippen molar-refractivity contribution in [3.05, 3.63) is 47.0 Å². The topological polar surface area (TPSA) is 88.2 Å². The van der Waals surface area contributed by atoms with E-state index < -0.39 is 5.91 Å². The molecule has 2 aromatic carbocycles. The highest BCUT2D eigenvalue weighted by molar-refractivity contribution is 6.32. The Kier molecular flexibility index (Phi) is 5.93. The lowest BCUT2D eigenvalue weighted by Gasteiger charge is -2.22. The summed E-state index contributed by atoms with van der Waals surface area (Å²) < 4.78 is 10.4. The van der Waals surface area contributed by atoms with Gasteiger partial charge in [0.2, 0.25) is 11.8 Å². The van der Waals surface area contributed by atoms with E-state index in [0.29, 0.717) is 33.5 Å². The van der Waals surface area contributed by atoms with Crippen LogP contribution in [-0.4, -0.2) is 57.0 Å². The van der Waals surface area contributed by atoms with Crippen molar-refractivity contribution >= 4 is 40.7 Å². The molecule has 0 spiro atoms. The summed E-state index contributed by atoms with van der Waals surface area (Å²) in [5.41, 5.74) is 1.09. The van der Waals surface area contributed by atoms with Crippen LogP contribution in [0.15, 0.2) is 36.4 Å². The molecule has 0 aliphatic carbocycles. The van der Waals surface area contributed by atoms with Crippen molar-refractivity contribution in [2.45, 2.75) is 0 Å². The lowest BCUT2D eigenvalue weighted by Crippen LogP contribution is -2.41. The molecule has 1 heterocycles. The lowest BCUT2D eigenvalue weighted by atomic mass is 10.1. The van der Waals surface area contributed by atoms with Crippen LogP contribution in [0.25, 0.3) is 0 Å². The van der Waals surface area contributed by atoms with E-state index in [1.54, 1.807) is 37.4 Å². The second kappa shape index (κ2) is 8.40. The van der Waals surface area contributed by atoms with E-state index in [4.69, 9.17) is 21.1 Å². The molecule has 8 nitrogen and oxygen atoms in total. The minimum absolute atomic E-state index is 0.127. The first-order valence-electron chi connectivity index (χ1n) is 8.72. The van der Waals surface area contributed by atoms with Crippen molar-refractivity contribution in [3.8, 4) is 11.5 Å². The number of para-hydroxylation sites is 1. The van der Waals surface area contributed by atoms with Crippen LogP contribution in [0.3, 0.4) is 0 Å². The van der Waals surface area contributed by atoms with Crippen molar-refractivity contribution in [1.82, 2.24) is 4.90 Å². The van der Waals surface area contributed by atoms with Gasteiger partial charge in [0.1, 0.15) is 24.6 Å². The number of amides is 3. The molecule has 0 atom stereocenters. The number of hydrogen-bond donors (Lipinski definition) is 1. The maximum Gasteiger partial charge on any atom is 0.256 e. The van der Waals surface area contributed by atoms with Crippen LogP contribution in [0.1, 0.15) is 10.4 Å². The van der Waals surface area contributed by atoms with Gasteiger partial charge in [-0.15, -0.1) is 0 Å². The normalized spacial score (nSPS) is 13.7. The summed E-state index contributed by atoms with van der Waals surface area (Å²) >= 11 is 6.14. The maximum absolute atomic E-state index is 12.7. The number of rotatable bonds is 5. The molecule has 0 saturated heterocycles. The minimum Gasteiger partial charge on any atom is -0.495 e. The van der Waals surface area contributed by atoms with E-state index in [-0.39, 0.29) is 24.9 Å². The van der Waals surface area contributed by atoms with E-state index in [1.165, 1.54) is 30.1 Å². The van der Waals surface area contributed by atoms with Gasteiger partial charge in [-0.05, 0) is 18.2 Å². The van der Waals surface area contributed by atoms with E-state index in [0.717, 1.165) is 0 Å². The molecule has 1 aliphatic heterocycles. The molecule has 0 aromatic heterocycles. The van der Waals surface area contributed by atoms with E-state index in [9.17, 15) is 14.4 Å². The van der Waals surface area contributed by atoms with Gasteiger partial charge in [0.15, 0.2) is 0 Å². The first-order chi connectivity index (χ1) is 13.8. The molecule has 0 bridgehead atoms. The standard InChI is InChI=1S/C20H20ClN3O5/c1-23-11-19(26)24(15-7-5-4-6-12(15)20(23)27)10-18(25)22-14-8-13(21)16(28-2)9-17(14)29-3/h4-9H,10-11H2,1-3H3,(H,22,25). The van der Waals surface area contributed by atoms with Gasteiger partial charge < -0.3 is 24.6 Å². The SMILES string of the molecule is COc1cc(OC)c(NC(=O)CN2C(=O)CN(C)C(=O)c3ccccc32)cc1Cl. The third-order valence-electron chi connectivity index (χ3n) is 4.50. The van der Waals surface area contributed by atoms with Crippen molar-refractivity contribution in [2.75, 3.05) is 44.6 Å². The maximum atomic E-state index is 12.7. The molecule has 152 valence electrons. The van der Waals surface area contributed by atoms with Crippen molar-refractivity contribution in [2.24, 2.45) is 0 Å². The number of fused-ring (bicyclic) bond motifs is 1. The van der Waals surface area contributed by atoms with Gasteiger partial charge in [0.25, 0.3) is 5.91 Å². The Hall–Kier alpha value is -3.26. The zero-order valence-electron chi connectivity index (χ0n) is 16.2. The number of hydrogen-bond acceptors (Lipinski definition) is 5. The molecule has 0 radical (unpaired) electrons. The average molecular weight is 418 g/mol. The number of likely N-dealkylation sites (N-methyl/N-ethyl adjacent to an activating group) is 1. The lowest BCUT2D eigenvalue weighted by molar-refractivity contribution is -0.121. The zero-order chi connectivity index (χ0) is 21.1. The van der Waals surface area contributed by atoms with Crippen LogP contribution >= 0.6 is 11.6 Å². The molecule has 0 unspecified atom stereocenters. The van der Waals surface area contributed by atoms with Crippen LogP contribution in [0, 0.1) is 0 Å². The summed E-state index contributed by atoms with van der Waals surface area (Å²) in [5, 5.41) is 3.00. The second-order valence-electron chi connectivity index (χ2n) is 6.39. The molecule has 9 heteroatoms. The van der Waals surface area contributed by atoms with Crippen LogP contribution in [0.5, 0.6) is 11.5 Å². The highest BCUT2D eigenvalue weighted by Gasteiger charge is 2.30. The van der Waals surface area contributed by atoms with Crippen LogP contribution in [-0.2, 0) is 9.59 Å². The first kappa shape index (κ1) is 20.5. The summed E-state index contributed by atoms with van der Waals surface area (Å²) in [6.45, 7) is -0.401. The van der Waals surface area contributed by atoms with Gasteiger partial charge >= 0.3 is 0 Å². The third kappa shape index (κ3) is 4.12. The number of benzene rings is 2. The Morgan fingerprint density at radius 2 is 1.83 bits per heavy atom. The van der Waals surface area contributed by atoms with Gasteiger partial charge in [-0.2, -0.15) is 0 Å². The highest BCUT2D eigenvalue weighted by atomic mass is 35.5. The molecular weight excluding hydrogens is 398 g/mol. The zero-order valence-corrected chi connectivity index (χ0v) is 16.9. The largest absolute Gasteiger partial charge is 0.495 e. The Bertz CT molecular complexity index is 979. The molecule has 2 aromatic rings. The van der Waals surface area contributed by atoms with Crippen LogP contribution < -0.4 is 19.7 Å². The first-order valence-corrected chi connectivity index (χ1v) is 9.09. The molecular formula is C20H20ClN3O5. The molecule has 29 heavy (non-hydrogen) atoms. The Labute approximate surface area is 172 Å². The number of nitrogens with one attached hydrogen (secondary N) is 1. The fourth-order valence-electron chi connectivity index (χ4n) is 3.05. The van der Waals surface area contributed by atoms with Crippen molar-refractivity contribution in [1.29, 1.82) is 0 Å². The average Bonchev–Trinajstić information content (AvgIpc) is 2.79. The number of methoxy groups -OCH3 is 2. The summed E-state index contributed by atoms with van der Waals surface area (Å²) in [4.78, 5) is 40.5. The van der Waals surface area contributed by atoms with E-state index >= 15 is 0 Å². The van der Waals surface area contributed by atoms with Crippen molar-refractivity contribution < 1.29 is 23.9 Å². The Balaban J connectivity index is 1.87. The number of carbonyl (C=O) groups excluding carboxylic acids is 3. The molecule has 1 N–H and O–H groups in total. The van der Waals surface area contributed by atoms with Gasteiger partial charge in [0.05, 0.1) is 36.2 Å². The minimum atomic E-state index is -0.468. The molecule has 0 saturated carbocycles. The summed E-state index contributed by atoms with van der Waals surface area (Å²) in [7, 11) is 4.47. The summed E-state index contributed by atoms with van der Waals surface area (Å²) in [5.74, 6) is -0.345. The predicted octanol–water partition coefficient (Wildman–Crippen LogP) is 2.41. The fraction of sp³-hybridized carbons (Fsp3) is 0.250. The fourth-order valence-corrected chi connectivity index (χ4v) is 3.30.